The number of benzene rings is 2. The Labute approximate surface area is 379 Å². The summed E-state index contributed by atoms with van der Waals surface area (Å²) in [6, 6.07) is 7.86. The number of unbranched alkanes of at least 4 members (excludes halogenated alkanes) is 30. The van der Waals surface area contributed by atoms with Crippen molar-refractivity contribution in [1.82, 2.24) is 0 Å². The lowest BCUT2D eigenvalue weighted by molar-refractivity contribution is 0.0106. The molecule has 62 heavy (non-hydrogen) atoms. The summed E-state index contributed by atoms with van der Waals surface area (Å²) in [7, 11) is -4.59. The number of aliphatic hydroxyl groups is 2. The molecule has 0 spiro atoms. The molecule has 0 saturated heterocycles. The molecular formula is C52H92O9S. The van der Waals surface area contributed by atoms with Gasteiger partial charge in [0, 0.05) is 18.6 Å². The number of hydrogen-bond donors (Lipinski definition) is 3. The molecular weight excluding hydrogens is 801 g/mol. The normalized spacial score (nSPS) is 12.9. The lowest BCUT2D eigenvalue weighted by Gasteiger charge is -2.17. The van der Waals surface area contributed by atoms with Crippen LogP contribution >= 0.6 is 0 Å². The molecule has 0 saturated carbocycles. The van der Waals surface area contributed by atoms with E-state index in [1.54, 1.807) is 24.3 Å². The molecule has 0 aliphatic heterocycles. The fraction of sp³-hybridized carbons (Fsp3) is 0.808. The largest absolute Gasteiger partial charge is 0.491 e. The molecule has 2 aromatic carbocycles. The van der Waals surface area contributed by atoms with Crippen molar-refractivity contribution in [2.45, 2.75) is 236 Å². The van der Waals surface area contributed by atoms with Crippen molar-refractivity contribution in [3.63, 3.8) is 0 Å². The van der Waals surface area contributed by atoms with Gasteiger partial charge in [-0.05, 0) is 42.5 Å². The average molecular weight is 893 g/mol. The Kier molecular flexibility index (Phi) is 34.7. The van der Waals surface area contributed by atoms with Crippen LogP contribution in [0.15, 0.2) is 35.2 Å². The molecule has 360 valence electrons. The van der Waals surface area contributed by atoms with Gasteiger partial charge >= 0.3 is 0 Å². The van der Waals surface area contributed by atoms with Crippen molar-refractivity contribution in [1.29, 1.82) is 0 Å². The molecule has 2 unspecified atom stereocenters. The fourth-order valence-corrected chi connectivity index (χ4v) is 8.76. The van der Waals surface area contributed by atoms with E-state index >= 15 is 0 Å². The van der Waals surface area contributed by atoms with Crippen molar-refractivity contribution in [3.05, 3.63) is 30.3 Å². The number of aliphatic hydroxyl groups excluding tert-OH is 2. The summed E-state index contributed by atoms with van der Waals surface area (Å²) in [6.45, 7) is 5.79. The predicted octanol–water partition coefficient (Wildman–Crippen LogP) is 14.1. The van der Waals surface area contributed by atoms with Crippen molar-refractivity contribution >= 4 is 20.9 Å². The average Bonchev–Trinajstić information content (AvgIpc) is 3.26. The van der Waals surface area contributed by atoms with Crippen LogP contribution in [-0.4, -0.2) is 75.0 Å². The van der Waals surface area contributed by atoms with Crippen LogP contribution in [0.5, 0.6) is 11.5 Å². The summed E-state index contributed by atoms with van der Waals surface area (Å²) < 4.78 is 57.4. The van der Waals surface area contributed by atoms with Gasteiger partial charge in [0.05, 0.1) is 13.2 Å². The van der Waals surface area contributed by atoms with E-state index in [-0.39, 0.29) is 37.1 Å². The molecule has 9 nitrogen and oxygen atoms in total. The van der Waals surface area contributed by atoms with Gasteiger partial charge in [0.1, 0.15) is 41.8 Å². The van der Waals surface area contributed by atoms with E-state index < -0.39 is 22.3 Å². The Morgan fingerprint density at radius 1 is 0.452 bits per heavy atom. The highest BCUT2D eigenvalue weighted by Gasteiger charge is 2.21. The van der Waals surface area contributed by atoms with Crippen LogP contribution in [0.2, 0.25) is 0 Å². The van der Waals surface area contributed by atoms with Crippen LogP contribution < -0.4 is 9.47 Å². The number of ether oxygens (including phenoxy) is 4. The third-order valence-electron chi connectivity index (χ3n) is 12.0. The lowest BCUT2D eigenvalue weighted by atomic mass is 10.0. The van der Waals surface area contributed by atoms with Crippen molar-refractivity contribution in [2.75, 3.05) is 39.6 Å². The minimum Gasteiger partial charge on any atom is -0.491 e. The second kappa shape index (κ2) is 38.3. The van der Waals surface area contributed by atoms with Crippen LogP contribution in [0.25, 0.3) is 10.8 Å². The maximum Gasteiger partial charge on any atom is 0.298 e. The molecule has 0 fully saturated rings. The standard InChI is InChI=1S/C52H92O9S/c1-3-5-7-9-11-13-15-17-19-21-23-25-27-29-31-33-39-58-42-47(53)44-60-49-36-37-50-46(41-49)35-38-51(62(55,56)57)52(50)61-45-48(54)43-59-40-34-32-30-28-26-24-22-20-18-16-14-12-10-8-6-4-2/h35-38,41,47-48,53-54H,3-34,39-40,42-45H2,1-2H3,(H,55,56,57). The molecule has 0 bridgehead atoms. The van der Waals surface area contributed by atoms with Gasteiger partial charge in [-0.1, -0.05) is 213 Å². The Hall–Kier alpha value is -1.95. The molecule has 2 rings (SSSR count). The molecule has 3 N–H and O–H groups in total. The van der Waals surface area contributed by atoms with Gasteiger partial charge in [0.15, 0.2) is 0 Å². The quantitative estimate of drug-likeness (QED) is 0.0439. The SMILES string of the molecule is CCCCCCCCCCCCCCCCCCOCC(O)COc1ccc2c(OCC(O)COCCCCCCCCCCCCCCCCCC)c(S(=O)(=O)O)ccc2c1. The zero-order valence-electron chi connectivity index (χ0n) is 39.6. The van der Waals surface area contributed by atoms with E-state index in [2.05, 4.69) is 13.8 Å². The minimum atomic E-state index is -4.59. The van der Waals surface area contributed by atoms with Gasteiger partial charge in [-0.25, -0.2) is 0 Å². The van der Waals surface area contributed by atoms with Gasteiger partial charge in [0.25, 0.3) is 10.1 Å². The monoisotopic (exact) mass is 893 g/mol. The van der Waals surface area contributed by atoms with E-state index in [9.17, 15) is 23.2 Å². The van der Waals surface area contributed by atoms with Crippen LogP contribution in [-0.2, 0) is 19.6 Å². The van der Waals surface area contributed by atoms with Crippen molar-refractivity contribution in [2.24, 2.45) is 0 Å². The molecule has 0 heterocycles. The van der Waals surface area contributed by atoms with E-state index in [0.717, 1.165) is 25.7 Å². The van der Waals surface area contributed by atoms with Gasteiger partial charge in [-0.2, -0.15) is 8.42 Å². The van der Waals surface area contributed by atoms with Gasteiger partial charge in [0.2, 0.25) is 0 Å². The third kappa shape index (κ3) is 29.5. The van der Waals surface area contributed by atoms with Crippen LogP contribution in [0.1, 0.15) is 219 Å². The number of fused-ring (bicyclic) bond motifs is 1. The molecule has 0 aliphatic carbocycles. The van der Waals surface area contributed by atoms with Crippen LogP contribution in [0.4, 0.5) is 0 Å². The molecule has 0 amide bonds. The molecule has 10 heteroatoms. The third-order valence-corrected chi connectivity index (χ3v) is 12.8. The molecule has 2 aromatic rings. The zero-order chi connectivity index (χ0) is 44.8. The van der Waals surface area contributed by atoms with Crippen LogP contribution in [0.3, 0.4) is 0 Å². The summed E-state index contributed by atoms with van der Waals surface area (Å²) >= 11 is 0. The van der Waals surface area contributed by atoms with Gasteiger partial charge in [-0.3, -0.25) is 4.55 Å². The first-order valence-corrected chi connectivity index (χ1v) is 27.0. The Bertz CT molecular complexity index is 1430. The lowest BCUT2D eigenvalue weighted by Crippen LogP contribution is -2.24. The Morgan fingerprint density at radius 3 is 1.18 bits per heavy atom. The second-order valence-electron chi connectivity index (χ2n) is 17.9. The van der Waals surface area contributed by atoms with Crippen LogP contribution in [0, 0.1) is 0 Å². The second-order valence-corrected chi connectivity index (χ2v) is 19.3. The molecule has 0 radical (unpaired) electrons. The summed E-state index contributed by atoms with van der Waals surface area (Å²) in [4.78, 5) is -0.378. The maximum absolute atomic E-state index is 12.2. The van der Waals surface area contributed by atoms with E-state index in [0.29, 0.717) is 29.7 Å². The summed E-state index contributed by atoms with van der Waals surface area (Å²) in [6.07, 6.45) is 40.3. The van der Waals surface area contributed by atoms with E-state index in [4.69, 9.17) is 18.9 Å². The fourth-order valence-electron chi connectivity index (χ4n) is 8.11. The molecule has 0 aliphatic rings. The minimum absolute atomic E-state index is 0.0442. The predicted molar refractivity (Wildman–Crippen MR) is 257 cm³/mol. The van der Waals surface area contributed by atoms with Gasteiger partial charge in [-0.15, -0.1) is 0 Å². The first kappa shape index (κ1) is 56.2. The molecule has 0 aromatic heterocycles. The summed E-state index contributed by atoms with van der Waals surface area (Å²) in [5, 5.41) is 22.1. The first-order valence-electron chi connectivity index (χ1n) is 25.6. The smallest absolute Gasteiger partial charge is 0.298 e. The Balaban J connectivity index is 1.55. The highest BCUT2D eigenvalue weighted by Crippen LogP contribution is 2.35. The highest BCUT2D eigenvalue weighted by atomic mass is 32.2. The molecule has 2 atom stereocenters. The first-order chi connectivity index (χ1) is 30.3. The summed E-state index contributed by atoms with van der Waals surface area (Å²) in [5.41, 5.74) is 0. The topological polar surface area (TPSA) is 132 Å². The Morgan fingerprint density at radius 2 is 0.806 bits per heavy atom. The van der Waals surface area contributed by atoms with Crippen molar-refractivity contribution < 1.29 is 42.1 Å². The zero-order valence-corrected chi connectivity index (χ0v) is 40.4. The van der Waals surface area contributed by atoms with E-state index in [1.807, 2.05) is 0 Å². The van der Waals surface area contributed by atoms with Crippen molar-refractivity contribution in [3.8, 4) is 11.5 Å². The van der Waals surface area contributed by atoms with E-state index in [1.165, 1.54) is 186 Å². The maximum atomic E-state index is 12.2. The summed E-state index contributed by atoms with van der Waals surface area (Å²) in [5.74, 6) is 0.443. The highest BCUT2D eigenvalue weighted by molar-refractivity contribution is 7.86. The number of hydrogen-bond acceptors (Lipinski definition) is 8. The number of rotatable bonds is 45. The van der Waals surface area contributed by atoms with Gasteiger partial charge < -0.3 is 29.2 Å².